The Labute approximate surface area is 173 Å². The molecule has 1 aromatic carbocycles. The van der Waals surface area contributed by atoms with Crippen LogP contribution in [0.15, 0.2) is 34.7 Å². The average Bonchev–Trinajstić information content (AvgIpc) is 3.43. The van der Waals surface area contributed by atoms with E-state index in [0.29, 0.717) is 5.75 Å². The van der Waals surface area contributed by atoms with Crippen LogP contribution >= 0.6 is 23.1 Å². The van der Waals surface area contributed by atoms with E-state index in [4.69, 9.17) is 4.74 Å². The van der Waals surface area contributed by atoms with Crippen LogP contribution in [0, 0.1) is 0 Å². The molecule has 0 radical (unpaired) electrons. The van der Waals surface area contributed by atoms with E-state index >= 15 is 0 Å². The number of hydrogen-bond donors (Lipinski definition) is 1. The van der Waals surface area contributed by atoms with Crippen LogP contribution in [0.25, 0.3) is 0 Å². The summed E-state index contributed by atoms with van der Waals surface area (Å²) in [5.74, 6) is 0.577. The Bertz CT molecular complexity index is 759. The molecule has 1 atom stereocenters. The number of benzene rings is 1. The van der Waals surface area contributed by atoms with E-state index in [1.807, 2.05) is 11.0 Å². The van der Waals surface area contributed by atoms with Gasteiger partial charge in [-0.2, -0.15) is 0 Å². The molecule has 3 heterocycles. The van der Waals surface area contributed by atoms with Gasteiger partial charge in [0, 0.05) is 45.0 Å². The molecule has 0 saturated carbocycles. The third-order valence-corrected chi connectivity index (χ3v) is 6.98. The van der Waals surface area contributed by atoms with Crippen molar-refractivity contribution in [1.82, 2.24) is 15.1 Å². The van der Waals surface area contributed by atoms with E-state index in [-0.39, 0.29) is 12.0 Å². The molecule has 1 N–H and O–H groups in total. The van der Waals surface area contributed by atoms with Crippen LogP contribution in [0.3, 0.4) is 0 Å². The Morgan fingerprint density at radius 2 is 2.04 bits per heavy atom. The molecule has 2 saturated heterocycles. The number of ether oxygens (including phenoxy) is 1. The van der Waals surface area contributed by atoms with E-state index in [2.05, 4.69) is 44.7 Å². The summed E-state index contributed by atoms with van der Waals surface area (Å²) in [6.45, 7) is 4.89. The number of carbonyl (C=O) groups is 1. The predicted octanol–water partition coefficient (Wildman–Crippen LogP) is 2.57. The molecule has 2 aromatic rings. The van der Waals surface area contributed by atoms with Crippen molar-refractivity contribution in [3.05, 3.63) is 30.3 Å². The maximum atomic E-state index is 12.5. The number of carbonyl (C=O) groups excluding carboxylic acids is 1. The van der Waals surface area contributed by atoms with Crippen molar-refractivity contribution in [3.8, 4) is 0 Å². The topological polar surface area (TPSA) is 70.6 Å². The van der Waals surface area contributed by atoms with E-state index in [1.54, 1.807) is 0 Å². The number of para-hydroxylation sites is 1. The minimum atomic E-state index is 0.168. The Balaban J connectivity index is 1.18. The molecule has 0 aliphatic carbocycles. The summed E-state index contributed by atoms with van der Waals surface area (Å²) in [7, 11) is 0. The highest BCUT2D eigenvalue weighted by molar-refractivity contribution is 8.01. The van der Waals surface area contributed by atoms with Gasteiger partial charge in [0.25, 0.3) is 0 Å². The second kappa shape index (κ2) is 9.58. The van der Waals surface area contributed by atoms with Crippen LogP contribution in [0.4, 0.5) is 10.8 Å². The molecule has 9 heteroatoms. The fourth-order valence-electron chi connectivity index (χ4n) is 3.41. The first kappa shape index (κ1) is 19.5. The highest BCUT2D eigenvalue weighted by Crippen LogP contribution is 2.26. The number of piperazine rings is 1. The Hall–Kier alpha value is -1.84. The number of amides is 1. The summed E-state index contributed by atoms with van der Waals surface area (Å²) in [6.07, 6.45) is 2.50. The lowest BCUT2D eigenvalue weighted by Gasteiger charge is -2.36. The summed E-state index contributed by atoms with van der Waals surface area (Å²) in [5, 5.41) is 12.4. The van der Waals surface area contributed by atoms with E-state index in [0.717, 1.165) is 61.6 Å². The van der Waals surface area contributed by atoms with Gasteiger partial charge in [0.1, 0.15) is 0 Å². The smallest absolute Gasteiger partial charge is 0.233 e. The SMILES string of the molecule is O=C(CSc1nnc(NC[C@H]2CCCO2)s1)N1CCN(c2ccccc2)CC1. The first-order valence-electron chi connectivity index (χ1n) is 9.67. The molecule has 0 bridgehead atoms. The van der Waals surface area contributed by atoms with Gasteiger partial charge in [-0.3, -0.25) is 4.79 Å². The fraction of sp³-hybridized carbons (Fsp3) is 0.526. The molecule has 2 aliphatic heterocycles. The van der Waals surface area contributed by atoms with Gasteiger partial charge in [-0.25, -0.2) is 0 Å². The van der Waals surface area contributed by atoms with E-state index in [1.165, 1.54) is 28.8 Å². The molecule has 7 nitrogen and oxygen atoms in total. The maximum absolute atomic E-state index is 12.5. The first-order chi connectivity index (χ1) is 13.8. The van der Waals surface area contributed by atoms with Gasteiger partial charge in [0.05, 0.1) is 11.9 Å². The van der Waals surface area contributed by atoms with Crippen LogP contribution in [0.2, 0.25) is 0 Å². The van der Waals surface area contributed by atoms with Gasteiger partial charge in [0.15, 0.2) is 4.34 Å². The number of thioether (sulfide) groups is 1. The molecular weight excluding hydrogens is 394 g/mol. The highest BCUT2D eigenvalue weighted by atomic mass is 32.2. The van der Waals surface area contributed by atoms with Crippen molar-refractivity contribution in [2.24, 2.45) is 0 Å². The van der Waals surface area contributed by atoms with Gasteiger partial charge in [0.2, 0.25) is 11.0 Å². The van der Waals surface area contributed by atoms with Crippen molar-refractivity contribution < 1.29 is 9.53 Å². The van der Waals surface area contributed by atoms with Crippen molar-refractivity contribution in [2.45, 2.75) is 23.3 Å². The Kier molecular flexibility index (Phi) is 6.66. The molecule has 1 amide bonds. The number of aromatic nitrogens is 2. The zero-order valence-corrected chi connectivity index (χ0v) is 17.4. The lowest BCUT2D eigenvalue weighted by atomic mass is 10.2. The molecular formula is C19H25N5O2S2. The summed E-state index contributed by atoms with van der Waals surface area (Å²) < 4.78 is 6.42. The second-order valence-electron chi connectivity index (χ2n) is 6.88. The van der Waals surface area contributed by atoms with Crippen molar-refractivity contribution >= 4 is 39.8 Å². The molecule has 0 unspecified atom stereocenters. The normalized spacial score (nSPS) is 19.8. The lowest BCUT2D eigenvalue weighted by Crippen LogP contribution is -2.49. The molecule has 4 rings (SSSR count). The minimum absolute atomic E-state index is 0.168. The van der Waals surface area contributed by atoms with Crippen LogP contribution in [-0.4, -0.2) is 72.2 Å². The van der Waals surface area contributed by atoms with Crippen LogP contribution < -0.4 is 10.2 Å². The Morgan fingerprint density at radius 3 is 2.79 bits per heavy atom. The summed E-state index contributed by atoms with van der Waals surface area (Å²) in [4.78, 5) is 16.8. The summed E-state index contributed by atoms with van der Waals surface area (Å²) >= 11 is 2.96. The highest BCUT2D eigenvalue weighted by Gasteiger charge is 2.22. The fourth-order valence-corrected chi connectivity index (χ4v) is 5.08. The molecule has 28 heavy (non-hydrogen) atoms. The number of anilines is 2. The van der Waals surface area contributed by atoms with Gasteiger partial charge in [-0.05, 0) is 25.0 Å². The monoisotopic (exact) mass is 419 g/mol. The van der Waals surface area contributed by atoms with Gasteiger partial charge >= 0.3 is 0 Å². The zero-order chi connectivity index (χ0) is 19.2. The predicted molar refractivity (Wildman–Crippen MR) is 113 cm³/mol. The summed E-state index contributed by atoms with van der Waals surface area (Å²) in [6, 6.07) is 10.4. The maximum Gasteiger partial charge on any atom is 0.233 e. The number of hydrogen-bond acceptors (Lipinski definition) is 8. The quantitative estimate of drug-likeness (QED) is 0.692. The van der Waals surface area contributed by atoms with Crippen molar-refractivity contribution in [3.63, 3.8) is 0 Å². The average molecular weight is 420 g/mol. The van der Waals surface area contributed by atoms with E-state index in [9.17, 15) is 4.79 Å². The molecule has 0 spiro atoms. The number of nitrogens with one attached hydrogen (secondary N) is 1. The first-order valence-corrected chi connectivity index (χ1v) is 11.5. The molecule has 2 aliphatic rings. The second-order valence-corrected chi connectivity index (χ2v) is 9.08. The van der Waals surface area contributed by atoms with Crippen LogP contribution in [0.5, 0.6) is 0 Å². The van der Waals surface area contributed by atoms with Gasteiger partial charge < -0.3 is 19.9 Å². The minimum Gasteiger partial charge on any atom is -0.376 e. The summed E-state index contributed by atoms with van der Waals surface area (Å²) in [5.41, 5.74) is 1.22. The van der Waals surface area contributed by atoms with Crippen LogP contribution in [-0.2, 0) is 9.53 Å². The molecule has 2 fully saturated rings. The van der Waals surface area contributed by atoms with Crippen molar-refractivity contribution in [2.75, 3.05) is 55.3 Å². The van der Waals surface area contributed by atoms with Crippen LogP contribution in [0.1, 0.15) is 12.8 Å². The lowest BCUT2D eigenvalue weighted by molar-refractivity contribution is -0.128. The Morgan fingerprint density at radius 1 is 1.21 bits per heavy atom. The van der Waals surface area contributed by atoms with Gasteiger partial charge in [-0.1, -0.05) is 41.3 Å². The van der Waals surface area contributed by atoms with E-state index < -0.39 is 0 Å². The van der Waals surface area contributed by atoms with Gasteiger partial charge in [-0.15, -0.1) is 10.2 Å². The standard InChI is InChI=1S/C19H25N5O2S2/c25-17(24-10-8-23(9-11-24)15-5-2-1-3-6-15)14-27-19-22-21-18(28-19)20-13-16-7-4-12-26-16/h1-3,5-6,16H,4,7-14H2,(H,20,21)/t16-/m1/s1. The third-order valence-electron chi connectivity index (χ3n) is 4.98. The third kappa shape index (κ3) is 5.15. The van der Waals surface area contributed by atoms with Crippen molar-refractivity contribution in [1.29, 1.82) is 0 Å². The number of rotatable bonds is 7. The molecule has 1 aromatic heterocycles. The number of nitrogens with zero attached hydrogens (tertiary/aromatic N) is 4. The molecule has 150 valence electrons. The largest absolute Gasteiger partial charge is 0.376 e. The zero-order valence-electron chi connectivity index (χ0n) is 15.7.